The van der Waals surface area contributed by atoms with Crippen molar-refractivity contribution in [1.29, 1.82) is 0 Å². The van der Waals surface area contributed by atoms with Gasteiger partial charge >= 0.3 is 0 Å². The fraction of sp³-hybridized carbons (Fsp3) is 0.316. The van der Waals surface area contributed by atoms with Crippen molar-refractivity contribution in [3.8, 4) is 0 Å². The van der Waals surface area contributed by atoms with Crippen molar-refractivity contribution < 1.29 is 0 Å². The van der Waals surface area contributed by atoms with E-state index < -0.39 is 0 Å². The Morgan fingerprint density at radius 2 is 1.87 bits per heavy atom. The highest BCUT2D eigenvalue weighted by Crippen LogP contribution is 2.18. The van der Waals surface area contributed by atoms with E-state index in [1.165, 1.54) is 5.56 Å². The van der Waals surface area contributed by atoms with Crippen LogP contribution in [0, 0.1) is 6.92 Å². The van der Waals surface area contributed by atoms with E-state index in [4.69, 9.17) is 12.2 Å². The van der Waals surface area contributed by atoms with Crippen molar-refractivity contribution >= 4 is 23.0 Å². The highest BCUT2D eigenvalue weighted by Gasteiger charge is 2.12. The number of hydrogen-bond acceptors (Lipinski definition) is 2. The number of thiocarbonyl (C=S) groups is 1. The van der Waals surface area contributed by atoms with Crippen molar-refractivity contribution in [3.05, 3.63) is 65.7 Å². The third-order valence-electron chi connectivity index (χ3n) is 3.55. The predicted molar refractivity (Wildman–Crippen MR) is 103 cm³/mol. The molecule has 0 fully saturated rings. The number of hydrogen-bond donors (Lipinski definition) is 3. The van der Waals surface area contributed by atoms with Crippen LogP contribution < -0.4 is 16.0 Å². The zero-order valence-corrected chi connectivity index (χ0v) is 14.6. The molecule has 3 nitrogen and oxygen atoms in total. The van der Waals surface area contributed by atoms with Gasteiger partial charge in [-0.05, 0) is 48.8 Å². The minimum absolute atomic E-state index is 0.0698. The maximum Gasteiger partial charge on any atom is 0.168 e. The first-order chi connectivity index (χ1) is 11.2. The zero-order valence-electron chi connectivity index (χ0n) is 13.8. The summed E-state index contributed by atoms with van der Waals surface area (Å²) in [4.78, 5) is 0. The fourth-order valence-corrected chi connectivity index (χ4v) is 2.53. The molecule has 3 N–H and O–H groups in total. The molecule has 0 aliphatic rings. The van der Waals surface area contributed by atoms with Crippen LogP contribution in [-0.2, 0) is 0 Å². The smallest absolute Gasteiger partial charge is 0.168 e. The predicted octanol–water partition coefficient (Wildman–Crippen LogP) is 4.37. The molecule has 0 saturated carbocycles. The molecule has 0 radical (unpaired) electrons. The third-order valence-corrected chi connectivity index (χ3v) is 3.82. The molecule has 0 bridgehead atoms. The Morgan fingerprint density at radius 1 is 1.09 bits per heavy atom. The second-order valence-electron chi connectivity index (χ2n) is 5.61. The standard InChI is InChI=1S/C19H25N3S/c1-3-4-13-20-19(23)22-18(16-10-6-5-7-11-16)21-17-12-8-9-15(2)14-17/h5-12,14,18,21H,3-4,13H2,1-2H3,(H2,20,22,23). The lowest BCUT2D eigenvalue weighted by Crippen LogP contribution is -2.40. The molecule has 0 amide bonds. The van der Waals surface area contributed by atoms with Gasteiger partial charge in [-0.1, -0.05) is 55.8 Å². The summed E-state index contributed by atoms with van der Waals surface area (Å²) >= 11 is 5.42. The summed E-state index contributed by atoms with van der Waals surface area (Å²) in [5.74, 6) is 0. The van der Waals surface area contributed by atoms with Crippen LogP contribution in [-0.4, -0.2) is 11.7 Å². The largest absolute Gasteiger partial charge is 0.363 e. The van der Waals surface area contributed by atoms with Gasteiger partial charge in [-0.15, -0.1) is 0 Å². The lowest BCUT2D eigenvalue weighted by Gasteiger charge is -2.24. The molecule has 0 heterocycles. The van der Waals surface area contributed by atoms with Gasteiger partial charge in [0.2, 0.25) is 0 Å². The molecule has 0 spiro atoms. The molecule has 4 heteroatoms. The van der Waals surface area contributed by atoms with Gasteiger partial charge in [0.05, 0.1) is 0 Å². The molecule has 122 valence electrons. The van der Waals surface area contributed by atoms with Gasteiger partial charge in [-0.2, -0.15) is 0 Å². The van der Waals surface area contributed by atoms with E-state index >= 15 is 0 Å². The van der Waals surface area contributed by atoms with Crippen molar-refractivity contribution in [1.82, 2.24) is 10.6 Å². The molecule has 1 atom stereocenters. The first-order valence-electron chi connectivity index (χ1n) is 8.11. The zero-order chi connectivity index (χ0) is 16.5. The van der Waals surface area contributed by atoms with E-state index in [0.29, 0.717) is 5.11 Å². The van der Waals surface area contributed by atoms with Crippen LogP contribution in [0.3, 0.4) is 0 Å². The van der Waals surface area contributed by atoms with Crippen LogP contribution in [0.25, 0.3) is 0 Å². The summed E-state index contributed by atoms with van der Waals surface area (Å²) < 4.78 is 0. The Hall–Kier alpha value is -2.07. The Labute approximate surface area is 144 Å². The summed E-state index contributed by atoms with van der Waals surface area (Å²) in [5, 5.41) is 10.8. The SMILES string of the molecule is CCCCNC(=S)NC(Nc1cccc(C)c1)c1ccccc1. The normalized spacial score (nSPS) is 11.6. The highest BCUT2D eigenvalue weighted by molar-refractivity contribution is 7.80. The van der Waals surface area contributed by atoms with Crippen molar-refractivity contribution in [2.24, 2.45) is 0 Å². The van der Waals surface area contributed by atoms with Crippen LogP contribution in [0.15, 0.2) is 54.6 Å². The number of benzene rings is 2. The summed E-state index contributed by atoms with van der Waals surface area (Å²) in [6.45, 7) is 5.16. The quantitative estimate of drug-likeness (QED) is 0.401. The van der Waals surface area contributed by atoms with Gasteiger partial charge in [-0.25, -0.2) is 0 Å². The lowest BCUT2D eigenvalue weighted by molar-refractivity contribution is 0.693. The van der Waals surface area contributed by atoms with Gasteiger partial charge in [0.25, 0.3) is 0 Å². The molecule has 0 aliphatic carbocycles. The van der Waals surface area contributed by atoms with Gasteiger partial charge in [-0.3, -0.25) is 0 Å². The molecular formula is C19H25N3S. The molecule has 23 heavy (non-hydrogen) atoms. The highest BCUT2D eigenvalue weighted by atomic mass is 32.1. The Kier molecular flexibility index (Phi) is 6.88. The minimum atomic E-state index is -0.0698. The van der Waals surface area contributed by atoms with Crippen LogP contribution in [0.2, 0.25) is 0 Å². The second kappa shape index (κ2) is 9.16. The summed E-state index contributed by atoms with van der Waals surface area (Å²) in [5.41, 5.74) is 3.45. The Balaban J connectivity index is 2.08. The van der Waals surface area contributed by atoms with Gasteiger partial charge in [0, 0.05) is 12.2 Å². The number of anilines is 1. The Morgan fingerprint density at radius 3 is 2.57 bits per heavy atom. The number of aryl methyl sites for hydroxylation is 1. The summed E-state index contributed by atoms with van der Waals surface area (Å²) in [6, 6.07) is 18.6. The van der Waals surface area contributed by atoms with Crippen molar-refractivity contribution in [3.63, 3.8) is 0 Å². The van der Waals surface area contributed by atoms with Crippen LogP contribution in [0.5, 0.6) is 0 Å². The second-order valence-corrected chi connectivity index (χ2v) is 6.02. The molecule has 0 saturated heterocycles. The molecule has 0 aromatic heterocycles. The van der Waals surface area contributed by atoms with E-state index in [1.807, 2.05) is 18.2 Å². The monoisotopic (exact) mass is 327 g/mol. The van der Waals surface area contributed by atoms with E-state index in [1.54, 1.807) is 0 Å². The molecule has 1 unspecified atom stereocenters. The first-order valence-corrected chi connectivity index (χ1v) is 8.52. The lowest BCUT2D eigenvalue weighted by atomic mass is 10.1. The summed E-state index contributed by atoms with van der Waals surface area (Å²) in [7, 11) is 0. The van der Waals surface area contributed by atoms with Crippen LogP contribution in [0.4, 0.5) is 5.69 Å². The van der Waals surface area contributed by atoms with Crippen LogP contribution in [0.1, 0.15) is 37.1 Å². The molecule has 2 rings (SSSR count). The third kappa shape index (κ3) is 5.91. The topological polar surface area (TPSA) is 36.1 Å². The Bertz CT molecular complexity index is 613. The van der Waals surface area contributed by atoms with Gasteiger partial charge in [0.15, 0.2) is 5.11 Å². The average molecular weight is 327 g/mol. The molecular weight excluding hydrogens is 302 g/mol. The fourth-order valence-electron chi connectivity index (χ4n) is 2.31. The van der Waals surface area contributed by atoms with Crippen molar-refractivity contribution in [2.45, 2.75) is 32.9 Å². The van der Waals surface area contributed by atoms with E-state index in [0.717, 1.165) is 30.6 Å². The molecule has 0 aliphatic heterocycles. The molecule has 2 aromatic carbocycles. The number of rotatable bonds is 7. The first kappa shape index (κ1) is 17.3. The van der Waals surface area contributed by atoms with Gasteiger partial charge < -0.3 is 16.0 Å². The van der Waals surface area contributed by atoms with E-state index in [9.17, 15) is 0 Å². The summed E-state index contributed by atoms with van der Waals surface area (Å²) in [6.07, 6.45) is 2.20. The number of unbranched alkanes of at least 4 members (excludes halogenated alkanes) is 1. The van der Waals surface area contributed by atoms with Gasteiger partial charge in [0.1, 0.15) is 6.17 Å². The van der Waals surface area contributed by atoms with E-state index in [2.05, 4.69) is 66.2 Å². The van der Waals surface area contributed by atoms with Crippen molar-refractivity contribution in [2.75, 3.05) is 11.9 Å². The maximum atomic E-state index is 5.42. The van der Waals surface area contributed by atoms with E-state index in [-0.39, 0.29) is 6.17 Å². The minimum Gasteiger partial charge on any atom is -0.363 e. The van der Waals surface area contributed by atoms with Crippen LogP contribution >= 0.6 is 12.2 Å². The molecule has 2 aromatic rings. The maximum absolute atomic E-state index is 5.42. The average Bonchev–Trinajstić information content (AvgIpc) is 2.55. The number of nitrogens with one attached hydrogen (secondary N) is 3.